The van der Waals surface area contributed by atoms with Gasteiger partial charge in [-0.25, -0.2) is 14.2 Å². The van der Waals surface area contributed by atoms with Crippen LogP contribution in [0.2, 0.25) is 0 Å². The van der Waals surface area contributed by atoms with Gasteiger partial charge in [-0.05, 0) is 17.2 Å². The topological polar surface area (TPSA) is 50.7 Å². The number of alkyl carbamates (subject to hydrolysis) is 1. The van der Waals surface area contributed by atoms with E-state index in [1.165, 1.54) is 12.3 Å². The Morgan fingerprint density at radius 2 is 1.85 bits per heavy atom. The molecule has 1 aliphatic rings. The molecule has 6 heteroatoms. The standard InChI is InChI=1S/C20H16F2N2O2/c21-13-23-12-15(14-6-2-1-3-7-14)10-11-18-19(26-20(25)24-18)16-8-4-5-9-17(16)22/h1-13,18-19H,(H,24,25)/b11-10+,15-12+,23-13+/t18-,19-/m1/s1. The van der Waals surface area contributed by atoms with Gasteiger partial charge in [0.25, 0.3) is 0 Å². The normalized spacial score (nSPS) is 20.5. The summed E-state index contributed by atoms with van der Waals surface area (Å²) in [6.45, 7) is 0.194. The molecule has 4 nitrogen and oxygen atoms in total. The van der Waals surface area contributed by atoms with Crippen LogP contribution in [-0.4, -0.2) is 18.6 Å². The summed E-state index contributed by atoms with van der Waals surface area (Å²) in [7, 11) is 0. The molecule has 0 aromatic heterocycles. The molecule has 3 rings (SSSR count). The zero-order chi connectivity index (χ0) is 18.4. The average Bonchev–Trinajstić information content (AvgIpc) is 3.03. The molecule has 0 aliphatic carbocycles. The van der Waals surface area contributed by atoms with E-state index in [0.29, 0.717) is 5.57 Å². The molecule has 1 aliphatic heterocycles. The molecular formula is C20H16F2N2O2. The van der Waals surface area contributed by atoms with E-state index in [2.05, 4.69) is 10.3 Å². The van der Waals surface area contributed by atoms with Crippen LogP contribution in [0.3, 0.4) is 0 Å². The number of cyclic esters (lactones) is 1. The van der Waals surface area contributed by atoms with Crippen molar-refractivity contribution >= 4 is 18.1 Å². The lowest BCUT2D eigenvalue weighted by molar-refractivity contribution is 0.134. The Labute approximate surface area is 149 Å². The SMILES string of the molecule is O=C1N[C@H](/C=C/C(=C\N=C\F)c2ccccc2)[C@@H](c2ccccc2F)O1. The monoisotopic (exact) mass is 354 g/mol. The maximum Gasteiger partial charge on any atom is 0.408 e. The van der Waals surface area contributed by atoms with Crippen LogP contribution in [-0.2, 0) is 4.74 Å². The van der Waals surface area contributed by atoms with Crippen molar-refractivity contribution in [2.75, 3.05) is 0 Å². The van der Waals surface area contributed by atoms with Crippen molar-refractivity contribution in [1.82, 2.24) is 5.32 Å². The van der Waals surface area contributed by atoms with Gasteiger partial charge in [0.15, 0.2) is 12.6 Å². The minimum atomic E-state index is -0.790. The molecule has 1 heterocycles. The van der Waals surface area contributed by atoms with Crippen LogP contribution in [0.1, 0.15) is 17.2 Å². The fraction of sp³-hybridized carbons (Fsp3) is 0.100. The smallest absolute Gasteiger partial charge is 0.408 e. The van der Waals surface area contributed by atoms with E-state index in [1.807, 2.05) is 30.3 Å². The Kier molecular flexibility index (Phi) is 5.53. The Balaban J connectivity index is 1.89. The number of amides is 1. The van der Waals surface area contributed by atoms with Crippen LogP contribution in [0.15, 0.2) is 77.9 Å². The van der Waals surface area contributed by atoms with Gasteiger partial charge in [0.1, 0.15) is 5.82 Å². The summed E-state index contributed by atoms with van der Waals surface area (Å²) in [4.78, 5) is 15.2. The third-order valence-corrected chi connectivity index (χ3v) is 3.92. The molecule has 2 aromatic rings. The van der Waals surface area contributed by atoms with E-state index < -0.39 is 24.1 Å². The molecule has 0 radical (unpaired) electrons. The van der Waals surface area contributed by atoms with Crippen LogP contribution in [0.4, 0.5) is 13.6 Å². The van der Waals surface area contributed by atoms with Crippen molar-refractivity contribution in [2.45, 2.75) is 12.1 Å². The van der Waals surface area contributed by atoms with Crippen molar-refractivity contribution in [2.24, 2.45) is 4.99 Å². The third-order valence-electron chi connectivity index (χ3n) is 3.92. The van der Waals surface area contributed by atoms with Crippen LogP contribution >= 0.6 is 0 Å². The van der Waals surface area contributed by atoms with E-state index in [9.17, 15) is 13.6 Å². The second-order valence-electron chi connectivity index (χ2n) is 5.57. The number of allylic oxidation sites excluding steroid dienone is 2. The lowest BCUT2D eigenvalue weighted by atomic mass is 10.00. The molecule has 1 saturated heterocycles. The number of carbonyl (C=O) groups is 1. The number of benzene rings is 2. The molecule has 1 fully saturated rings. The first-order chi connectivity index (χ1) is 12.7. The average molecular weight is 354 g/mol. The van der Waals surface area contributed by atoms with E-state index in [1.54, 1.807) is 30.4 Å². The van der Waals surface area contributed by atoms with Crippen molar-refractivity contribution in [1.29, 1.82) is 0 Å². The first-order valence-electron chi connectivity index (χ1n) is 7.96. The molecule has 26 heavy (non-hydrogen) atoms. The molecular weight excluding hydrogens is 338 g/mol. The van der Waals surface area contributed by atoms with Gasteiger partial charge in [0.2, 0.25) is 0 Å². The van der Waals surface area contributed by atoms with Crippen molar-refractivity contribution in [3.8, 4) is 0 Å². The number of aliphatic imine (C=N–C) groups is 1. The number of rotatable bonds is 5. The van der Waals surface area contributed by atoms with Gasteiger partial charge in [-0.1, -0.05) is 60.7 Å². The van der Waals surface area contributed by atoms with Gasteiger partial charge in [-0.15, -0.1) is 0 Å². The molecule has 132 valence electrons. The molecule has 0 unspecified atom stereocenters. The van der Waals surface area contributed by atoms with E-state index in [4.69, 9.17) is 4.74 Å². The van der Waals surface area contributed by atoms with E-state index >= 15 is 0 Å². The summed E-state index contributed by atoms with van der Waals surface area (Å²) >= 11 is 0. The molecule has 1 amide bonds. The molecule has 0 saturated carbocycles. The van der Waals surface area contributed by atoms with Gasteiger partial charge in [-0.2, -0.15) is 4.39 Å². The van der Waals surface area contributed by atoms with E-state index in [0.717, 1.165) is 5.56 Å². The molecule has 0 spiro atoms. The summed E-state index contributed by atoms with van der Waals surface area (Å²) in [5.74, 6) is -0.451. The highest BCUT2D eigenvalue weighted by Gasteiger charge is 2.35. The predicted octanol–water partition coefficient (Wildman–Crippen LogP) is 4.57. The summed E-state index contributed by atoms with van der Waals surface area (Å²) < 4.78 is 31.6. The van der Waals surface area contributed by atoms with Crippen LogP contribution in [0.5, 0.6) is 0 Å². The lowest BCUT2D eigenvalue weighted by Gasteiger charge is -2.15. The molecule has 2 atom stereocenters. The Hall–Kier alpha value is -3.28. The largest absolute Gasteiger partial charge is 0.439 e. The first kappa shape index (κ1) is 17.5. The highest BCUT2D eigenvalue weighted by atomic mass is 19.1. The summed E-state index contributed by atoms with van der Waals surface area (Å²) in [6.07, 6.45) is 3.31. The first-order valence-corrected chi connectivity index (χ1v) is 7.96. The van der Waals surface area contributed by atoms with Gasteiger partial charge in [-0.3, -0.25) is 0 Å². The maximum atomic E-state index is 14.1. The fourth-order valence-corrected chi connectivity index (χ4v) is 2.71. The lowest BCUT2D eigenvalue weighted by Crippen LogP contribution is -2.25. The van der Waals surface area contributed by atoms with Gasteiger partial charge < -0.3 is 10.1 Å². The second-order valence-corrected chi connectivity index (χ2v) is 5.57. The zero-order valence-corrected chi connectivity index (χ0v) is 13.7. The van der Waals surface area contributed by atoms with E-state index in [-0.39, 0.29) is 12.0 Å². The minimum absolute atomic E-state index is 0.194. The van der Waals surface area contributed by atoms with Crippen LogP contribution in [0.25, 0.3) is 5.57 Å². The number of hydrogen-bond acceptors (Lipinski definition) is 3. The minimum Gasteiger partial charge on any atom is -0.439 e. The number of halogens is 2. The number of carbonyl (C=O) groups excluding carboxylic acids is 1. The summed E-state index contributed by atoms with van der Waals surface area (Å²) in [6, 6.07) is 14.8. The third kappa shape index (κ3) is 4.03. The van der Waals surface area contributed by atoms with Crippen molar-refractivity contribution < 1.29 is 18.3 Å². The molecule has 1 N–H and O–H groups in total. The summed E-state index contributed by atoms with van der Waals surface area (Å²) in [5.41, 5.74) is 1.74. The maximum absolute atomic E-state index is 14.1. The van der Waals surface area contributed by atoms with Crippen LogP contribution in [0, 0.1) is 5.82 Å². The molecule has 0 bridgehead atoms. The Morgan fingerprint density at radius 3 is 2.58 bits per heavy atom. The quantitative estimate of drug-likeness (QED) is 0.632. The Bertz CT molecular complexity index is 863. The highest BCUT2D eigenvalue weighted by Crippen LogP contribution is 2.29. The number of nitrogens with zero attached hydrogens (tertiary/aromatic N) is 1. The van der Waals surface area contributed by atoms with Crippen LogP contribution < -0.4 is 5.32 Å². The van der Waals surface area contributed by atoms with Gasteiger partial charge >= 0.3 is 6.09 Å². The van der Waals surface area contributed by atoms with Crippen molar-refractivity contribution in [3.63, 3.8) is 0 Å². The highest BCUT2D eigenvalue weighted by molar-refractivity contribution is 5.76. The van der Waals surface area contributed by atoms with Gasteiger partial charge in [0, 0.05) is 11.8 Å². The van der Waals surface area contributed by atoms with Gasteiger partial charge in [0.05, 0.1) is 6.04 Å². The number of nitrogens with one attached hydrogen (secondary N) is 1. The predicted molar refractivity (Wildman–Crippen MR) is 95.7 cm³/mol. The number of hydrogen-bond donors (Lipinski definition) is 1. The molecule has 2 aromatic carbocycles. The second kappa shape index (κ2) is 8.20. The summed E-state index contributed by atoms with van der Waals surface area (Å²) in [5, 5.41) is 2.64. The Morgan fingerprint density at radius 1 is 1.12 bits per heavy atom. The fourth-order valence-electron chi connectivity index (χ4n) is 2.71. The van der Waals surface area contributed by atoms with Crippen molar-refractivity contribution in [3.05, 3.63) is 89.9 Å². The zero-order valence-electron chi connectivity index (χ0n) is 13.7. The number of ether oxygens (including phenoxy) is 1.